The molecule has 1 fully saturated rings. The van der Waals surface area contributed by atoms with Gasteiger partial charge < -0.3 is 33.7 Å². The smallest absolute Gasteiger partial charge is 0.355 e. The molecule has 1 N–H and O–H groups in total. The Hall–Kier alpha value is -4.61. The topological polar surface area (TPSA) is 138 Å². The number of cyclic esters (lactones) is 1. The molecule has 2 aromatic heterocycles. The highest BCUT2D eigenvalue weighted by molar-refractivity contribution is 5.90. The number of piperidine rings is 1. The molecule has 2 amide bonds. The first kappa shape index (κ1) is 26.3. The van der Waals surface area contributed by atoms with Gasteiger partial charge in [0.1, 0.15) is 13.2 Å². The number of fused-ring (bicyclic) bond motifs is 6. The van der Waals surface area contributed by atoms with Crippen molar-refractivity contribution in [3.8, 4) is 22.9 Å². The standard InChI is InChI=1S/C30H30N4O8/c1-3-30(42-25(35)12-31-29(38)33-7-5-4-6-16(33)2)20-10-22-26-18(13-34(22)27(36)19(20)14-39-28(30)37)8-17-9-23-24(41-15-40-23)11-21(17)32-26/h8-11,16H,3-7,12-15H2,1-2H3,(H,31,38)/t16?,30-/m0/s1. The number of hydrogen-bond donors (Lipinski definition) is 1. The van der Waals surface area contributed by atoms with Gasteiger partial charge in [0.2, 0.25) is 12.4 Å². The number of urea groups is 1. The number of hydrogen-bond acceptors (Lipinski definition) is 9. The van der Waals surface area contributed by atoms with Gasteiger partial charge in [-0.2, -0.15) is 0 Å². The SMILES string of the molecule is CC[C@@]1(OC(=O)CNC(=O)N2CCCCC2C)C(=O)OCc2c1cc1n(c2=O)Cc2cc3cc4c(cc3nc2-1)OCO4. The van der Waals surface area contributed by atoms with Crippen LogP contribution in [-0.2, 0) is 37.8 Å². The average Bonchev–Trinajstić information content (AvgIpc) is 3.59. The highest BCUT2D eigenvalue weighted by Crippen LogP contribution is 2.42. The summed E-state index contributed by atoms with van der Waals surface area (Å²) in [7, 11) is 0. The van der Waals surface area contributed by atoms with E-state index in [1.807, 2.05) is 19.1 Å². The lowest BCUT2D eigenvalue weighted by atomic mass is 9.85. The Bertz CT molecular complexity index is 1730. The van der Waals surface area contributed by atoms with Gasteiger partial charge in [0.05, 0.1) is 29.0 Å². The van der Waals surface area contributed by atoms with Crippen molar-refractivity contribution in [1.82, 2.24) is 19.8 Å². The zero-order valence-corrected chi connectivity index (χ0v) is 23.4. The first-order chi connectivity index (χ1) is 20.3. The van der Waals surface area contributed by atoms with E-state index in [4.69, 9.17) is 23.9 Å². The fraction of sp³-hybridized carbons (Fsp3) is 0.433. The van der Waals surface area contributed by atoms with Gasteiger partial charge in [0.25, 0.3) is 5.56 Å². The van der Waals surface area contributed by atoms with Crippen molar-refractivity contribution in [2.75, 3.05) is 19.9 Å². The zero-order valence-electron chi connectivity index (χ0n) is 23.4. The van der Waals surface area contributed by atoms with Crippen molar-refractivity contribution >= 4 is 28.9 Å². The number of aromatic nitrogens is 2. The van der Waals surface area contributed by atoms with Crippen LogP contribution >= 0.6 is 0 Å². The van der Waals surface area contributed by atoms with Gasteiger partial charge in [0, 0.05) is 35.2 Å². The number of nitrogens with zero attached hydrogens (tertiary/aromatic N) is 3. The second-order valence-corrected chi connectivity index (χ2v) is 11.1. The summed E-state index contributed by atoms with van der Waals surface area (Å²) in [4.78, 5) is 59.3. The lowest BCUT2D eigenvalue weighted by molar-refractivity contribution is -0.188. The molecule has 3 aromatic rings. The van der Waals surface area contributed by atoms with E-state index in [1.54, 1.807) is 28.5 Å². The molecule has 0 spiro atoms. The molecule has 6 heterocycles. The lowest BCUT2D eigenvalue weighted by Gasteiger charge is -2.36. The second-order valence-electron chi connectivity index (χ2n) is 11.1. The molecule has 1 saturated heterocycles. The number of carbonyl (C=O) groups excluding carboxylic acids is 3. The van der Waals surface area contributed by atoms with Crippen LogP contribution in [0.3, 0.4) is 0 Å². The number of ether oxygens (including phenoxy) is 4. The molecule has 1 aromatic carbocycles. The van der Waals surface area contributed by atoms with Gasteiger partial charge in [-0.25, -0.2) is 14.6 Å². The minimum atomic E-state index is -1.84. The van der Waals surface area contributed by atoms with Gasteiger partial charge in [0.15, 0.2) is 11.5 Å². The number of carbonyl (C=O) groups is 3. The highest BCUT2D eigenvalue weighted by Gasteiger charge is 2.50. The Morgan fingerprint density at radius 1 is 1.12 bits per heavy atom. The second kappa shape index (κ2) is 9.74. The van der Waals surface area contributed by atoms with Crippen LogP contribution in [0.25, 0.3) is 22.3 Å². The van der Waals surface area contributed by atoms with Gasteiger partial charge in [-0.1, -0.05) is 6.92 Å². The zero-order chi connectivity index (χ0) is 29.2. The third kappa shape index (κ3) is 3.99. The fourth-order valence-electron chi connectivity index (χ4n) is 6.41. The molecule has 42 heavy (non-hydrogen) atoms. The maximum absolute atomic E-state index is 13.7. The van der Waals surface area contributed by atoms with Crippen LogP contribution in [0.15, 0.2) is 29.1 Å². The lowest BCUT2D eigenvalue weighted by Crippen LogP contribution is -2.51. The van der Waals surface area contributed by atoms with E-state index in [-0.39, 0.29) is 48.6 Å². The number of likely N-dealkylation sites (tertiary alicyclic amines) is 1. The molecule has 4 aliphatic heterocycles. The molecule has 0 aliphatic carbocycles. The van der Waals surface area contributed by atoms with Crippen LogP contribution < -0.4 is 20.3 Å². The van der Waals surface area contributed by atoms with Gasteiger partial charge in [-0.05, 0) is 50.8 Å². The molecule has 4 aliphatic rings. The predicted molar refractivity (Wildman–Crippen MR) is 148 cm³/mol. The predicted octanol–water partition coefficient (Wildman–Crippen LogP) is 2.94. The van der Waals surface area contributed by atoms with Crippen LogP contribution in [0, 0.1) is 0 Å². The fourth-order valence-corrected chi connectivity index (χ4v) is 6.41. The molecular formula is C30H30N4O8. The molecule has 12 heteroatoms. The minimum Gasteiger partial charge on any atom is -0.457 e. The summed E-state index contributed by atoms with van der Waals surface area (Å²) < 4.78 is 23.8. The molecule has 2 atom stereocenters. The Kier molecular flexibility index (Phi) is 6.10. The minimum absolute atomic E-state index is 0.0338. The summed E-state index contributed by atoms with van der Waals surface area (Å²) in [5.41, 5.74) is 0.967. The molecule has 0 saturated carbocycles. The van der Waals surface area contributed by atoms with Crippen molar-refractivity contribution in [3.05, 3.63) is 51.3 Å². The van der Waals surface area contributed by atoms with Crippen molar-refractivity contribution in [2.45, 2.75) is 64.3 Å². The third-order valence-electron chi connectivity index (χ3n) is 8.71. The summed E-state index contributed by atoms with van der Waals surface area (Å²) in [5, 5.41) is 3.47. The molecule has 12 nitrogen and oxygen atoms in total. The Balaban J connectivity index is 1.22. The summed E-state index contributed by atoms with van der Waals surface area (Å²) in [6.07, 6.45) is 2.89. The number of esters is 2. The molecule has 7 rings (SSSR count). The van der Waals surface area contributed by atoms with Crippen LogP contribution in [0.4, 0.5) is 4.79 Å². The van der Waals surface area contributed by atoms with E-state index in [9.17, 15) is 19.2 Å². The van der Waals surface area contributed by atoms with E-state index in [2.05, 4.69) is 5.32 Å². The average molecular weight is 575 g/mol. The summed E-state index contributed by atoms with van der Waals surface area (Å²) in [6, 6.07) is 7.05. The number of benzene rings is 1. The summed E-state index contributed by atoms with van der Waals surface area (Å²) in [5.74, 6) is -0.332. The van der Waals surface area contributed by atoms with E-state index >= 15 is 0 Å². The molecule has 1 unspecified atom stereocenters. The molecule has 0 bridgehead atoms. The first-order valence-corrected chi connectivity index (χ1v) is 14.2. The maximum atomic E-state index is 13.7. The van der Waals surface area contributed by atoms with Crippen LogP contribution in [0.5, 0.6) is 11.5 Å². The van der Waals surface area contributed by atoms with Gasteiger partial charge in [-0.15, -0.1) is 0 Å². The van der Waals surface area contributed by atoms with E-state index < -0.39 is 24.1 Å². The van der Waals surface area contributed by atoms with E-state index in [0.29, 0.717) is 41.5 Å². The normalized spacial score (nSPS) is 21.8. The first-order valence-electron chi connectivity index (χ1n) is 14.2. The van der Waals surface area contributed by atoms with Gasteiger partial charge >= 0.3 is 18.0 Å². The monoisotopic (exact) mass is 574 g/mol. The Morgan fingerprint density at radius 2 is 1.93 bits per heavy atom. The molecule has 0 radical (unpaired) electrons. The number of amides is 2. The van der Waals surface area contributed by atoms with Crippen LogP contribution in [-0.4, -0.2) is 58.3 Å². The summed E-state index contributed by atoms with van der Waals surface area (Å²) in [6.45, 7) is 4.05. The van der Waals surface area contributed by atoms with E-state index in [1.165, 1.54) is 0 Å². The van der Waals surface area contributed by atoms with Crippen molar-refractivity contribution in [1.29, 1.82) is 0 Å². The van der Waals surface area contributed by atoms with Crippen molar-refractivity contribution in [2.24, 2.45) is 0 Å². The van der Waals surface area contributed by atoms with Crippen molar-refractivity contribution in [3.63, 3.8) is 0 Å². The number of nitrogens with one attached hydrogen (secondary N) is 1. The maximum Gasteiger partial charge on any atom is 0.355 e. The molecular weight excluding hydrogens is 544 g/mol. The summed E-state index contributed by atoms with van der Waals surface area (Å²) >= 11 is 0. The largest absolute Gasteiger partial charge is 0.457 e. The van der Waals surface area contributed by atoms with Crippen LogP contribution in [0.2, 0.25) is 0 Å². The Labute approximate surface area is 240 Å². The van der Waals surface area contributed by atoms with Crippen molar-refractivity contribution < 1.29 is 33.3 Å². The highest BCUT2D eigenvalue weighted by atomic mass is 16.7. The number of pyridine rings is 2. The third-order valence-corrected chi connectivity index (χ3v) is 8.71. The van der Waals surface area contributed by atoms with E-state index in [0.717, 1.165) is 30.2 Å². The molecule has 218 valence electrons. The quantitative estimate of drug-likeness (QED) is 0.365. The Morgan fingerprint density at radius 3 is 2.71 bits per heavy atom. The van der Waals surface area contributed by atoms with Crippen LogP contribution in [0.1, 0.15) is 56.2 Å². The number of rotatable bonds is 4. The van der Waals surface area contributed by atoms with Gasteiger partial charge in [-0.3, -0.25) is 9.59 Å².